The van der Waals surface area contributed by atoms with Crippen LogP contribution in [0.3, 0.4) is 0 Å². The van der Waals surface area contributed by atoms with Crippen molar-refractivity contribution in [2.24, 2.45) is 5.92 Å². The SMILES string of the molecule is CCCC1C(=O)NC(=O)N(CCC(=O)NCCOC)C1=O. The Morgan fingerprint density at radius 3 is 2.71 bits per heavy atom. The molecule has 1 fully saturated rings. The Balaban J connectivity index is 2.52. The van der Waals surface area contributed by atoms with Crippen LogP contribution in [0.2, 0.25) is 0 Å². The van der Waals surface area contributed by atoms with E-state index in [-0.39, 0.29) is 18.9 Å². The Morgan fingerprint density at radius 2 is 2.10 bits per heavy atom. The third-order valence-corrected chi connectivity index (χ3v) is 3.12. The van der Waals surface area contributed by atoms with Gasteiger partial charge < -0.3 is 10.1 Å². The van der Waals surface area contributed by atoms with Gasteiger partial charge in [-0.1, -0.05) is 13.3 Å². The van der Waals surface area contributed by atoms with Crippen molar-refractivity contribution >= 4 is 23.8 Å². The van der Waals surface area contributed by atoms with Crippen LogP contribution in [0.5, 0.6) is 0 Å². The summed E-state index contributed by atoms with van der Waals surface area (Å²) in [6, 6.07) is -0.762. The molecule has 1 saturated heterocycles. The summed E-state index contributed by atoms with van der Waals surface area (Å²) in [4.78, 5) is 47.8. The number of nitrogens with zero attached hydrogens (tertiary/aromatic N) is 1. The highest BCUT2D eigenvalue weighted by atomic mass is 16.5. The maximum absolute atomic E-state index is 12.1. The van der Waals surface area contributed by atoms with Gasteiger partial charge in [0.25, 0.3) is 0 Å². The molecule has 1 aliphatic heterocycles. The smallest absolute Gasteiger partial charge is 0.330 e. The van der Waals surface area contributed by atoms with Crippen molar-refractivity contribution < 1.29 is 23.9 Å². The second-order valence-electron chi connectivity index (χ2n) is 4.72. The molecule has 8 nitrogen and oxygen atoms in total. The molecule has 118 valence electrons. The molecular weight excluding hydrogens is 278 g/mol. The van der Waals surface area contributed by atoms with Crippen molar-refractivity contribution in [3.63, 3.8) is 0 Å². The number of imide groups is 2. The van der Waals surface area contributed by atoms with Crippen LogP contribution >= 0.6 is 0 Å². The predicted molar refractivity (Wildman–Crippen MR) is 73.2 cm³/mol. The van der Waals surface area contributed by atoms with Gasteiger partial charge in [-0.25, -0.2) is 4.79 Å². The zero-order valence-electron chi connectivity index (χ0n) is 12.3. The largest absolute Gasteiger partial charge is 0.383 e. The summed E-state index contributed by atoms with van der Waals surface area (Å²) in [5.41, 5.74) is 0. The first kappa shape index (κ1) is 17.1. The number of methoxy groups -OCH3 is 1. The van der Waals surface area contributed by atoms with Crippen LogP contribution in [-0.4, -0.2) is 55.5 Å². The van der Waals surface area contributed by atoms with Gasteiger partial charge in [0.1, 0.15) is 5.92 Å². The lowest BCUT2D eigenvalue weighted by Gasteiger charge is -2.29. The molecule has 1 heterocycles. The second kappa shape index (κ2) is 8.35. The second-order valence-corrected chi connectivity index (χ2v) is 4.72. The first-order valence-electron chi connectivity index (χ1n) is 6.93. The molecule has 0 saturated carbocycles. The summed E-state index contributed by atoms with van der Waals surface area (Å²) in [6.45, 7) is 2.57. The van der Waals surface area contributed by atoms with Crippen LogP contribution in [0, 0.1) is 5.92 Å². The zero-order chi connectivity index (χ0) is 15.8. The minimum atomic E-state index is -0.843. The van der Waals surface area contributed by atoms with Gasteiger partial charge in [-0.3, -0.25) is 24.6 Å². The number of hydrogen-bond donors (Lipinski definition) is 2. The van der Waals surface area contributed by atoms with Crippen molar-refractivity contribution in [1.82, 2.24) is 15.5 Å². The van der Waals surface area contributed by atoms with Crippen LogP contribution in [0.4, 0.5) is 4.79 Å². The lowest BCUT2D eigenvalue weighted by molar-refractivity contribution is -0.142. The Bertz CT molecular complexity index is 424. The van der Waals surface area contributed by atoms with Crippen LogP contribution in [-0.2, 0) is 19.1 Å². The van der Waals surface area contributed by atoms with Crippen molar-refractivity contribution in [1.29, 1.82) is 0 Å². The standard InChI is InChI=1S/C13H21N3O5/c1-3-4-9-11(18)15-13(20)16(12(9)19)7-5-10(17)14-6-8-21-2/h9H,3-8H2,1-2H3,(H,14,17)(H,15,18,20). The highest BCUT2D eigenvalue weighted by Crippen LogP contribution is 2.16. The third kappa shape index (κ3) is 4.82. The van der Waals surface area contributed by atoms with Gasteiger partial charge in [0.2, 0.25) is 17.7 Å². The number of nitrogens with one attached hydrogen (secondary N) is 2. The van der Waals surface area contributed by atoms with Crippen molar-refractivity contribution in [2.45, 2.75) is 26.2 Å². The van der Waals surface area contributed by atoms with E-state index in [0.717, 1.165) is 4.90 Å². The fourth-order valence-corrected chi connectivity index (χ4v) is 2.01. The molecule has 1 aliphatic rings. The lowest BCUT2D eigenvalue weighted by Crippen LogP contribution is -2.58. The van der Waals surface area contributed by atoms with Gasteiger partial charge in [-0.2, -0.15) is 0 Å². The van der Waals surface area contributed by atoms with Gasteiger partial charge in [-0.15, -0.1) is 0 Å². The zero-order valence-corrected chi connectivity index (χ0v) is 12.3. The molecule has 1 rings (SSSR count). The Morgan fingerprint density at radius 1 is 1.38 bits per heavy atom. The molecule has 0 radical (unpaired) electrons. The number of carbonyl (C=O) groups excluding carboxylic acids is 4. The molecule has 2 N–H and O–H groups in total. The lowest BCUT2D eigenvalue weighted by atomic mass is 9.99. The number of carbonyl (C=O) groups is 4. The van der Waals surface area contributed by atoms with E-state index in [1.54, 1.807) is 0 Å². The Labute approximate surface area is 123 Å². The molecule has 5 amide bonds. The third-order valence-electron chi connectivity index (χ3n) is 3.12. The Kier molecular flexibility index (Phi) is 6.80. The van der Waals surface area contributed by atoms with E-state index >= 15 is 0 Å². The molecule has 0 spiro atoms. The molecule has 0 aromatic heterocycles. The van der Waals surface area contributed by atoms with Gasteiger partial charge in [0, 0.05) is 26.6 Å². The summed E-state index contributed by atoms with van der Waals surface area (Å²) in [5.74, 6) is -2.22. The first-order valence-corrected chi connectivity index (χ1v) is 6.93. The fraction of sp³-hybridized carbons (Fsp3) is 0.692. The van der Waals surface area contributed by atoms with E-state index in [9.17, 15) is 19.2 Å². The minimum absolute atomic E-state index is 0.00406. The number of ether oxygens (including phenoxy) is 1. The van der Waals surface area contributed by atoms with E-state index in [2.05, 4.69) is 10.6 Å². The van der Waals surface area contributed by atoms with E-state index in [1.165, 1.54) is 7.11 Å². The molecule has 0 bridgehead atoms. The molecule has 1 atom stereocenters. The van der Waals surface area contributed by atoms with Crippen molar-refractivity contribution in [3.8, 4) is 0 Å². The molecular formula is C13H21N3O5. The predicted octanol–water partition coefficient (Wildman–Crippen LogP) is -0.366. The number of barbiturate groups is 1. The Hall–Kier alpha value is -1.96. The number of amides is 5. The normalized spacial score (nSPS) is 18.7. The van der Waals surface area contributed by atoms with E-state index in [1.807, 2.05) is 6.92 Å². The molecule has 0 aromatic rings. The summed E-state index contributed by atoms with van der Waals surface area (Å²) >= 11 is 0. The van der Waals surface area contributed by atoms with Crippen molar-refractivity contribution in [2.75, 3.05) is 26.8 Å². The van der Waals surface area contributed by atoms with Crippen LogP contribution in [0.25, 0.3) is 0 Å². The number of hydrogen-bond acceptors (Lipinski definition) is 5. The molecule has 8 heteroatoms. The quantitative estimate of drug-likeness (QED) is 0.470. The highest BCUT2D eigenvalue weighted by molar-refractivity contribution is 6.16. The van der Waals surface area contributed by atoms with E-state index in [4.69, 9.17) is 4.74 Å². The molecule has 0 aliphatic carbocycles. The monoisotopic (exact) mass is 299 g/mol. The first-order chi connectivity index (χ1) is 10.0. The van der Waals surface area contributed by atoms with E-state index < -0.39 is 23.8 Å². The number of rotatable bonds is 8. The topological polar surface area (TPSA) is 105 Å². The minimum Gasteiger partial charge on any atom is -0.383 e. The van der Waals surface area contributed by atoms with Crippen LogP contribution < -0.4 is 10.6 Å². The van der Waals surface area contributed by atoms with Gasteiger partial charge in [0.15, 0.2) is 0 Å². The van der Waals surface area contributed by atoms with Crippen LogP contribution in [0.1, 0.15) is 26.2 Å². The fourth-order valence-electron chi connectivity index (χ4n) is 2.01. The van der Waals surface area contributed by atoms with Gasteiger partial charge in [0.05, 0.1) is 6.61 Å². The highest BCUT2D eigenvalue weighted by Gasteiger charge is 2.39. The average Bonchev–Trinajstić information content (AvgIpc) is 2.43. The maximum Gasteiger partial charge on any atom is 0.330 e. The summed E-state index contributed by atoms with van der Waals surface area (Å²) in [7, 11) is 1.52. The average molecular weight is 299 g/mol. The van der Waals surface area contributed by atoms with Gasteiger partial charge in [-0.05, 0) is 6.42 Å². The van der Waals surface area contributed by atoms with Crippen molar-refractivity contribution in [3.05, 3.63) is 0 Å². The summed E-state index contributed by atoms with van der Waals surface area (Å²) in [5, 5.41) is 4.74. The van der Waals surface area contributed by atoms with Crippen LogP contribution in [0.15, 0.2) is 0 Å². The maximum atomic E-state index is 12.1. The van der Waals surface area contributed by atoms with Gasteiger partial charge >= 0.3 is 6.03 Å². The van der Waals surface area contributed by atoms with E-state index in [0.29, 0.717) is 26.0 Å². The molecule has 1 unspecified atom stereocenters. The molecule has 0 aromatic carbocycles. The summed E-state index contributed by atoms with van der Waals surface area (Å²) in [6.07, 6.45) is 1.04. The number of urea groups is 1. The summed E-state index contributed by atoms with van der Waals surface area (Å²) < 4.78 is 4.79. The molecule has 21 heavy (non-hydrogen) atoms.